The first-order valence-electron chi connectivity index (χ1n) is 9.22. The van der Waals surface area contributed by atoms with Crippen molar-refractivity contribution in [3.05, 3.63) is 63.6 Å². The molecule has 1 fully saturated rings. The molecular weight excluding hydrogens is 397 g/mol. The van der Waals surface area contributed by atoms with Crippen LogP contribution in [0.25, 0.3) is 0 Å². The van der Waals surface area contributed by atoms with E-state index in [-0.39, 0.29) is 18.4 Å². The number of nitrogens with zero attached hydrogens (tertiary/aromatic N) is 2. The SMILES string of the molecule is Cc1ccccc1CC(=O)N1CCN(CC(=O)Nc2cccc(Cl)c2Cl)CC1. The molecule has 7 heteroatoms. The Kier molecular flexibility index (Phi) is 6.94. The minimum Gasteiger partial charge on any atom is -0.340 e. The lowest BCUT2D eigenvalue weighted by molar-refractivity contribution is -0.132. The lowest BCUT2D eigenvalue weighted by Gasteiger charge is -2.34. The minimum absolute atomic E-state index is 0.129. The number of piperazine rings is 1. The number of amides is 2. The van der Waals surface area contributed by atoms with Gasteiger partial charge in [0.2, 0.25) is 11.8 Å². The van der Waals surface area contributed by atoms with E-state index in [0.29, 0.717) is 48.3 Å². The summed E-state index contributed by atoms with van der Waals surface area (Å²) in [5, 5.41) is 3.53. The van der Waals surface area contributed by atoms with Crippen molar-refractivity contribution in [3.63, 3.8) is 0 Å². The van der Waals surface area contributed by atoms with Crippen LogP contribution in [0.5, 0.6) is 0 Å². The quantitative estimate of drug-likeness (QED) is 0.804. The van der Waals surface area contributed by atoms with E-state index in [0.717, 1.165) is 11.1 Å². The Bertz CT molecular complexity index is 864. The van der Waals surface area contributed by atoms with E-state index >= 15 is 0 Å². The van der Waals surface area contributed by atoms with Crippen LogP contribution >= 0.6 is 23.2 Å². The molecule has 3 rings (SSSR count). The van der Waals surface area contributed by atoms with Crippen molar-refractivity contribution >= 4 is 40.7 Å². The third-order valence-corrected chi connectivity index (χ3v) is 5.74. The molecule has 0 atom stereocenters. The molecule has 0 unspecified atom stereocenters. The number of rotatable bonds is 5. The zero-order valence-electron chi connectivity index (χ0n) is 15.8. The molecule has 0 aliphatic carbocycles. The summed E-state index contributed by atoms with van der Waals surface area (Å²) in [6.45, 7) is 4.84. The van der Waals surface area contributed by atoms with Crippen molar-refractivity contribution in [1.82, 2.24) is 9.80 Å². The fraction of sp³-hybridized carbons (Fsp3) is 0.333. The number of halogens is 2. The molecule has 1 N–H and O–H groups in total. The van der Waals surface area contributed by atoms with Crippen LogP contribution in [-0.2, 0) is 16.0 Å². The van der Waals surface area contributed by atoms with Crippen LogP contribution in [0, 0.1) is 6.92 Å². The van der Waals surface area contributed by atoms with E-state index in [1.807, 2.05) is 41.0 Å². The zero-order valence-corrected chi connectivity index (χ0v) is 17.3. The fourth-order valence-corrected chi connectivity index (χ4v) is 3.58. The average molecular weight is 420 g/mol. The minimum atomic E-state index is -0.149. The van der Waals surface area contributed by atoms with Crippen molar-refractivity contribution in [2.24, 2.45) is 0 Å². The topological polar surface area (TPSA) is 52.7 Å². The number of hydrogen-bond acceptors (Lipinski definition) is 3. The Balaban J connectivity index is 1.47. The maximum absolute atomic E-state index is 12.6. The highest BCUT2D eigenvalue weighted by Crippen LogP contribution is 2.29. The number of benzene rings is 2. The van der Waals surface area contributed by atoms with Crippen LogP contribution < -0.4 is 5.32 Å². The van der Waals surface area contributed by atoms with Gasteiger partial charge in [0.05, 0.1) is 28.7 Å². The van der Waals surface area contributed by atoms with Gasteiger partial charge in [-0.15, -0.1) is 0 Å². The first kappa shape index (κ1) is 20.6. The molecule has 1 aliphatic heterocycles. The third kappa shape index (κ3) is 5.25. The molecule has 28 heavy (non-hydrogen) atoms. The molecule has 0 bridgehead atoms. The van der Waals surface area contributed by atoms with Gasteiger partial charge in [0.25, 0.3) is 0 Å². The van der Waals surface area contributed by atoms with Crippen molar-refractivity contribution in [2.75, 3.05) is 38.0 Å². The molecule has 148 valence electrons. The summed E-state index contributed by atoms with van der Waals surface area (Å²) in [5.41, 5.74) is 2.70. The van der Waals surface area contributed by atoms with Crippen LogP contribution in [0.1, 0.15) is 11.1 Å². The largest absolute Gasteiger partial charge is 0.340 e. The molecule has 2 aromatic rings. The predicted molar refractivity (Wildman–Crippen MR) is 113 cm³/mol. The Morgan fingerprint density at radius 3 is 2.43 bits per heavy atom. The second-order valence-corrected chi connectivity index (χ2v) is 7.69. The highest BCUT2D eigenvalue weighted by atomic mass is 35.5. The number of hydrogen-bond donors (Lipinski definition) is 1. The van der Waals surface area contributed by atoms with E-state index in [1.165, 1.54) is 0 Å². The molecule has 1 aliphatic rings. The Morgan fingerprint density at radius 2 is 1.71 bits per heavy atom. The lowest BCUT2D eigenvalue weighted by Crippen LogP contribution is -2.50. The molecule has 5 nitrogen and oxygen atoms in total. The zero-order chi connectivity index (χ0) is 20.1. The van der Waals surface area contributed by atoms with Crippen molar-refractivity contribution in [3.8, 4) is 0 Å². The fourth-order valence-electron chi connectivity index (χ4n) is 3.23. The summed E-state index contributed by atoms with van der Waals surface area (Å²) in [7, 11) is 0. The molecule has 2 aromatic carbocycles. The lowest BCUT2D eigenvalue weighted by atomic mass is 10.1. The van der Waals surface area contributed by atoms with Gasteiger partial charge < -0.3 is 10.2 Å². The van der Waals surface area contributed by atoms with E-state index in [9.17, 15) is 9.59 Å². The summed E-state index contributed by atoms with van der Waals surface area (Å²) in [6, 6.07) is 13.1. The smallest absolute Gasteiger partial charge is 0.238 e. The molecule has 2 amide bonds. The summed E-state index contributed by atoms with van der Waals surface area (Å²) in [4.78, 5) is 28.8. The van der Waals surface area contributed by atoms with Gasteiger partial charge in [0.1, 0.15) is 0 Å². The van der Waals surface area contributed by atoms with Gasteiger partial charge in [-0.05, 0) is 30.2 Å². The standard InChI is InChI=1S/C21H23Cl2N3O2/c1-15-5-2-3-6-16(15)13-20(28)26-11-9-25(10-12-26)14-19(27)24-18-8-4-7-17(22)21(18)23/h2-8H,9-14H2,1H3,(H,24,27). The highest BCUT2D eigenvalue weighted by molar-refractivity contribution is 6.44. The van der Waals surface area contributed by atoms with Crippen LogP contribution in [0.4, 0.5) is 5.69 Å². The Morgan fingerprint density at radius 1 is 1.00 bits per heavy atom. The first-order valence-corrected chi connectivity index (χ1v) is 9.98. The first-order chi connectivity index (χ1) is 13.4. The number of nitrogens with one attached hydrogen (secondary N) is 1. The van der Waals surface area contributed by atoms with Gasteiger partial charge in [-0.3, -0.25) is 14.5 Å². The van der Waals surface area contributed by atoms with E-state index in [1.54, 1.807) is 18.2 Å². The molecule has 0 saturated carbocycles. The van der Waals surface area contributed by atoms with Crippen molar-refractivity contribution in [2.45, 2.75) is 13.3 Å². The maximum Gasteiger partial charge on any atom is 0.238 e. The van der Waals surface area contributed by atoms with Crippen LogP contribution in [0.15, 0.2) is 42.5 Å². The molecule has 0 aromatic heterocycles. The Labute approximate surface area is 175 Å². The second kappa shape index (κ2) is 9.41. The summed E-state index contributed by atoms with van der Waals surface area (Å²) in [5.74, 6) is -0.0204. The van der Waals surface area contributed by atoms with Gasteiger partial charge in [0.15, 0.2) is 0 Å². The second-order valence-electron chi connectivity index (χ2n) is 6.91. The molecule has 0 radical (unpaired) electrons. The van der Waals surface area contributed by atoms with Gasteiger partial charge in [0, 0.05) is 26.2 Å². The summed E-state index contributed by atoms with van der Waals surface area (Å²) >= 11 is 12.1. The Hall–Kier alpha value is -2.08. The molecular formula is C21H23Cl2N3O2. The number of carbonyl (C=O) groups excluding carboxylic acids is 2. The van der Waals surface area contributed by atoms with E-state index in [4.69, 9.17) is 23.2 Å². The van der Waals surface area contributed by atoms with Gasteiger partial charge >= 0.3 is 0 Å². The normalized spacial score (nSPS) is 14.8. The average Bonchev–Trinajstić information content (AvgIpc) is 2.68. The predicted octanol–water partition coefficient (Wildman–Crippen LogP) is 3.63. The van der Waals surface area contributed by atoms with E-state index < -0.39 is 0 Å². The molecule has 1 heterocycles. The van der Waals surface area contributed by atoms with E-state index in [2.05, 4.69) is 5.32 Å². The highest BCUT2D eigenvalue weighted by Gasteiger charge is 2.23. The number of anilines is 1. The van der Waals surface area contributed by atoms with Gasteiger partial charge in [-0.2, -0.15) is 0 Å². The summed E-state index contributed by atoms with van der Waals surface area (Å²) in [6.07, 6.45) is 0.417. The third-order valence-electron chi connectivity index (χ3n) is 4.92. The van der Waals surface area contributed by atoms with Gasteiger partial charge in [-0.25, -0.2) is 0 Å². The van der Waals surface area contributed by atoms with Gasteiger partial charge in [-0.1, -0.05) is 53.5 Å². The number of aryl methyl sites for hydroxylation is 1. The maximum atomic E-state index is 12.6. The summed E-state index contributed by atoms with van der Waals surface area (Å²) < 4.78 is 0. The van der Waals surface area contributed by atoms with Crippen molar-refractivity contribution in [1.29, 1.82) is 0 Å². The molecule has 1 saturated heterocycles. The van der Waals surface area contributed by atoms with Crippen LogP contribution in [0.2, 0.25) is 10.0 Å². The number of carbonyl (C=O) groups is 2. The monoisotopic (exact) mass is 419 g/mol. The van der Waals surface area contributed by atoms with Crippen LogP contribution in [0.3, 0.4) is 0 Å². The van der Waals surface area contributed by atoms with Crippen LogP contribution in [-0.4, -0.2) is 54.3 Å². The molecule has 0 spiro atoms. The van der Waals surface area contributed by atoms with Crippen molar-refractivity contribution < 1.29 is 9.59 Å².